The van der Waals surface area contributed by atoms with Crippen molar-refractivity contribution in [1.29, 1.82) is 0 Å². The third-order valence-corrected chi connectivity index (χ3v) is 4.56. The first-order valence-electron chi connectivity index (χ1n) is 9.89. The number of carbonyl (C=O) groups excluding carboxylic acids is 1. The van der Waals surface area contributed by atoms with E-state index < -0.39 is 28.9 Å². The van der Waals surface area contributed by atoms with Gasteiger partial charge in [0.25, 0.3) is 11.5 Å². The maximum atomic E-state index is 12.9. The van der Waals surface area contributed by atoms with E-state index in [0.29, 0.717) is 19.3 Å². The fraction of sp³-hybridized carbons (Fsp3) is 0.381. The quantitative estimate of drug-likeness (QED) is 0.617. The van der Waals surface area contributed by atoms with E-state index in [1.807, 2.05) is 13.8 Å². The number of amides is 1. The second-order valence-electron chi connectivity index (χ2n) is 6.94. The number of hydrogen-bond acceptors (Lipinski definition) is 4. The van der Waals surface area contributed by atoms with E-state index >= 15 is 0 Å². The summed E-state index contributed by atoms with van der Waals surface area (Å²) in [5.74, 6) is -0.766. The van der Waals surface area contributed by atoms with Crippen LogP contribution in [0.1, 0.15) is 44.2 Å². The number of aromatic amines is 1. The molecule has 0 aliphatic carbocycles. The molecule has 1 aromatic carbocycles. The van der Waals surface area contributed by atoms with Crippen molar-refractivity contribution >= 4 is 23.5 Å². The van der Waals surface area contributed by atoms with Gasteiger partial charge in [-0.2, -0.15) is 13.2 Å². The van der Waals surface area contributed by atoms with Crippen LogP contribution in [0.25, 0.3) is 6.08 Å². The van der Waals surface area contributed by atoms with Crippen molar-refractivity contribution in [3.63, 3.8) is 0 Å². The number of halogens is 3. The molecule has 1 aromatic heterocycles. The summed E-state index contributed by atoms with van der Waals surface area (Å²) in [4.78, 5) is 40.7. The fourth-order valence-corrected chi connectivity index (χ4v) is 3.01. The van der Waals surface area contributed by atoms with Gasteiger partial charge in [0.15, 0.2) is 5.69 Å². The Morgan fingerprint density at radius 2 is 1.94 bits per heavy atom. The minimum absolute atomic E-state index is 0.132. The van der Waals surface area contributed by atoms with E-state index in [1.165, 1.54) is 22.8 Å². The van der Waals surface area contributed by atoms with Gasteiger partial charge in [-0.05, 0) is 36.6 Å². The van der Waals surface area contributed by atoms with E-state index in [0.717, 1.165) is 23.1 Å². The number of hydrogen-bond donors (Lipinski definition) is 2. The van der Waals surface area contributed by atoms with Crippen molar-refractivity contribution in [3.05, 3.63) is 62.3 Å². The topological polar surface area (TPSA) is 101 Å². The van der Waals surface area contributed by atoms with Crippen LogP contribution in [0.5, 0.6) is 0 Å². The summed E-state index contributed by atoms with van der Waals surface area (Å²) in [7, 11) is 0. The molecule has 1 amide bonds. The number of nitrogens with zero attached hydrogens (tertiary/aromatic N) is 2. The third kappa shape index (κ3) is 5.87. The second-order valence-corrected chi connectivity index (χ2v) is 6.94. The number of carbonyl (C=O) groups is 1. The number of unbranched alkanes of at least 4 members (excludes halogenated alkanes) is 1. The summed E-state index contributed by atoms with van der Waals surface area (Å²) in [5.41, 5.74) is 3.78. The molecule has 0 radical (unpaired) electrons. The van der Waals surface area contributed by atoms with Crippen LogP contribution >= 0.6 is 0 Å². The summed E-state index contributed by atoms with van der Waals surface area (Å²) in [6, 6.07) is 4.52. The normalized spacial score (nSPS) is 11.8. The number of H-pyrrole nitrogens is 1. The average Bonchev–Trinajstić information content (AvgIpc) is 2.71. The molecule has 31 heavy (non-hydrogen) atoms. The van der Waals surface area contributed by atoms with Crippen LogP contribution in [-0.2, 0) is 17.5 Å². The van der Waals surface area contributed by atoms with Crippen molar-refractivity contribution in [2.75, 3.05) is 17.2 Å². The molecule has 7 nitrogen and oxygen atoms in total. The summed E-state index contributed by atoms with van der Waals surface area (Å²) in [6.07, 6.45) is -0.339. The number of nitrogens with two attached hydrogens (primary N) is 1. The standard InChI is InChI=1S/C21H25F3N4O3/c1-3-5-12-27(17-18(25)28(11-4-2)20(31)26-19(17)30)16(29)10-9-14-7-6-8-15(13-14)21(22,23)24/h6-10,13H,3-5,11-12,25H2,1-2H3,(H,26,30,31)/b10-9+. The van der Waals surface area contributed by atoms with Crippen molar-refractivity contribution in [2.45, 2.75) is 45.8 Å². The fourth-order valence-electron chi connectivity index (χ4n) is 3.01. The van der Waals surface area contributed by atoms with E-state index in [-0.39, 0.29) is 30.2 Å². The van der Waals surface area contributed by atoms with Gasteiger partial charge in [-0.1, -0.05) is 32.4 Å². The summed E-state index contributed by atoms with van der Waals surface area (Å²) in [5, 5.41) is 0. The predicted molar refractivity (Wildman–Crippen MR) is 114 cm³/mol. The molecule has 0 aliphatic rings. The van der Waals surface area contributed by atoms with Gasteiger partial charge in [-0.3, -0.25) is 19.1 Å². The van der Waals surface area contributed by atoms with Gasteiger partial charge >= 0.3 is 11.9 Å². The lowest BCUT2D eigenvalue weighted by molar-refractivity contribution is -0.137. The van der Waals surface area contributed by atoms with Crippen molar-refractivity contribution in [3.8, 4) is 0 Å². The molecular formula is C21H25F3N4O3. The second kappa shape index (κ2) is 10.1. The molecule has 168 valence electrons. The predicted octanol–water partition coefficient (Wildman–Crippen LogP) is 3.39. The van der Waals surface area contributed by atoms with Crippen molar-refractivity contribution in [1.82, 2.24) is 9.55 Å². The Hall–Kier alpha value is -3.30. The smallest absolute Gasteiger partial charge is 0.383 e. The van der Waals surface area contributed by atoms with Gasteiger partial charge in [0.2, 0.25) is 0 Å². The van der Waals surface area contributed by atoms with E-state index in [1.54, 1.807) is 0 Å². The van der Waals surface area contributed by atoms with Crippen LogP contribution in [0.15, 0.2) is 39.9 Å². The Kier molecular flexibility index (Phi) is 7.84. The lowest BCUT2D eigenvalue weighted by Gasteiger charge is -2.23. The summed E-state index contributed by atoms with van der Waals surface area (Å²) < 4.78 is 39.9. The van der Waals surface area contributed by atoms with Gasteiger partial charge in [-0.25, -0.2) is 4.79 Å². The van der Waals surface area contributed by atoms with Crippen molar-refractivity contribution in [2.24, 2.45) is 0 Å². The Balaban J connectivity index is 2.45. The summed E-state index contributed by atoms with van der Waals surface area (Å²) in [6.45, 7) is 4.13. The molecule has 0 atom stereocenters. The number of rotatable bonds is 8. The monoisotopic (exact) mass is 438 g/mol. The molecule has 0 saturated carbocycles. The maximum absolute atomic E-state index is 12.9. The SMILES string of the molecule is CCCCN(C(=O)/C=C/c1cccc(C(F)(F)F)c1)c1c(N)n(CCC)c(=O)[nH]c1=O. The first-order valence-corrected chi connectivity index (χ1v) is 9.89. The number of aromatic nitrogens is 2. The molecule has 0 aliphatic heterocycles. The molecule has 0 unspecified atom stereocenters. The van der Waals surface area contributed by atoms with Crippen LogP contribution in [0, 0.1) is 0 Å². The van der Waals surface area contributed by atoms with E-state index in [2.05, 4.69) is 4.98 Å². The van der Waals surface area contributed by atoms with E-state index in [9.17, 15) is 27.6 Å². The molecule has 0 bridgehead atoms. The number of nitrogens with one attached hydrogen (secondary N) is 1. The van der Waals surface area contributed by atoms with Crippen LogP contribution in [0.2, 0.25) is 0 Å². The first kappa shape index (κ1) is 24.0. The lowest BCUT2D eigenvalue weighted by Crippen LogP contribution is -2.41. The number of alkyl halides is 3. The van der Waals surface area contributed by atoms with Crippen LogP contribution in [0.4, 0.5) is 24.7 Å². The molecule has 0 fully saturated rings. The highest BCUT2D eigenvalue weighted by Crippen LogP contribution is 2.29. The third-order valence-electron chi connectivity index (χ3n) is 4.56. The van der Waals surface area contributed by atoms with Gasteiger partial charge in [0, 0.05) is 19.2 Å². The lowest BCUT2D eigenvalue weighted by atomic mass is 10.1. The highest BCUT2D eigenvalue weighted by Gasteiger charge is 2.30. The highest BCUT2D eigenvalue weighted by atomic mass is 19.4. The van der Waals surface area contributed by atoms with E-state index in [4.69, 9.17) is 5.73 Å². The van der Waals surface area contributed by atoms with Crippen LogP contribution < -0.4 is 21.9 Å². The first-order chi connectivity index (χ1) is 14.6. The molecule has 10 heteroatoms. The molecular weight excluding hydrogens is 413 g/mol. The van der Waals surface area contributed by atoms with Gasteiger partial charge in [0.05, 0.1) is 5.56 Å². The Morgan fingerprint density at radius 1 is 1.23 bits per heavy atom. The highest BCUT2D eigenvalue weighted by molar-refractivity contribution is 6.05. The zero-order chi connectivity index (χ0) is 23.2. The number of benzene rings is 1. The molecule has 0 saturated heterocycles. The van der Waals surface area contributed by atoms with Crippen LogP contribution in [-0.4, -0.2) is 22.0 Å². The number of anilines is 2. The van der Waals surface area contributed by atoms with Crippen molar-refractivity contribution < 1.29 is 18.0 Å². The van der Waals surface area contributed by atoms with Gasteiger partial charge in [0.1, 0.15) is 5.82 Å². The Bertz CT molecular complexity index is 1070. The molecule has 2 aromatic rings. The largest absolute Gasteiger partial charge is 0.416 e. The van der Waals surface area contributed by atoms with Crippen LogP contribution in [0.3, 0.4) is 0 Å². The summed E-state index contributed by atoms with van der Waals surface area (Å²) >= 11 is 0. The zero-order valence-electron chi connectivity index (χ0n) is 17.3. The van der Waals surface area contributed by atoms with Gasteiger partial charge in [-0.15, -0.1) is 0 Å². The average molecular weight is 438 g/mol. The Labute approximate surface area is 177 Å². The minimum atomic E-state index is -4.50. The molecule has 1 heterocycles. The minimum Gasteiger partial charge on any atom is -0.383 e. The number of nitrogen functional groups attached to an aromatic ring is 1. The Morgan fingerprint density at radius 3 is 2.55 bits per heavy atom. The molecule has 0 spiro atoms. The zero-order valence-corrected chi connectivity index (χ0v) is 17.3. The maximum Gasteiger partial charge on any atom is 0.416 e. The molecule has 2 rings (SSSR count). The molecule has 3 N–H and O–H groups in total. The van der Waals surface area contributed by atoms with Gasteiger partial charge < -0.3 is 10.6 Å².